The number of rotatable bonds is 6. The Morgan fingerprint density at radius 3 is 2.02 bits per heavy atom. The van der Waals surface area contributed by atoms with Crippen molar-refractivity contribution in [3.05, 3.63) is 161 Å². The summed E-state index contributed by atoms with van der Waals surface area (Å²) in [5.74, 6) is 2.08. The summed E-state index contributed by atoms with van der Waals surface area (Å²) in [6, 6.07) is 40.8. The fraction of sp³-hybridized carbons (Fsp3) is 0.281. The van der Waals surface area contributed by atoms with E-state index in [2.05, 4.69) is 115 Å². The van der Waals surface area contributed by atoms with Crippen LogP contribution in [0.3, 0.4) is 0 Å². The first kappa shape index (κ1) is 34.9. The molecular weight excluding hydrogens is 771 g/mol. The molecule has 0 spiro atoms. The van der Waals surface area contributed by atoms with Gasteiger partial charge in [0.1, 0.15) is 17.3 Å². The predicted molar refractivity (Wildman–Crippen MR) is 264 cm³/mol. The zero-order valence-corrected chi connectivity index (χ0v) is 38.2. The Morgan fingerprint density at radius 1 is 0.635 bits per heavy atom. The van der Waals surface area contributed by atoms with E-state index in [4.69, 9.17) is 22.9 Å². The Balaban J connectivity index is 1.27. The van der Waals surface area contributed by atoms with Crippen molar-refractivity contribution in [1.29, 1.82) is 0 Å². The van der Waals surface area contributed by atoms with Crippen LogP contribution in [-0.2, 0) is 16.2 Å². The highest BCUT2D eigenvalue weighted by atomic mass is 16.5. The highest BCUT2D eigenvalue weighted by molar-refractivity contribution is 6.10. The number of hydrogen-bond donors (Lipinski definition) is 0. The minimum absolute atomic E-state index is 0.0254. The molecule has 8 aromatic rings. The Hall–Kier alpha value is -6.62. The second-order valence-electron chi connectivity index (χ2n) is 19.9. The second-order valence-corrected chi connectivity index (χ2v) is 19.9. The number of aromatic nitrogens is 3. The topological polar surface area (TPSA) is 46.0 Å². The molecule has 3 aromatic heterocycles. The van der Waals surface area contributed by atoms with Gasteiger partial charge in [0.25, 0.3) is 11.4 Å². The van der Waals surface area contributed by atoms with Crippen molar-refractivity contribution in [3.63, 3.8) is 0 Å². The van der Waals surface area contributed by atoms with E-state index in [0.717, 1.165) is 67.2 Å². The number of para-hydroxylation sites is 3. The van der Waals surface area contributed by atoms with E-state index < -0.39 is 19.1 Å². The van der Waals surface area contributed by atoms with Gasteiger partial charge in [0.15, 0.2) is 0 Å². The summed E-state index contributed by atoms with van der Waals surface area (Å²) in [7, 11) is 0. The number of nitrogens with zero attached hydrogens (tertiary/aromatic N) is 5. The van der Waals surface area contributed by atoms with E-state index in [1.54, 1.807) is 0 Å². The largest absolute Gasteiger partial charge is 0.503 e. The van der Waals surface area contributed by atoms with Crippen LogP contribution in [-0.4, -0.2) is 20.5 Å². The Labute approximate surface area is 381 Å². The zero-order chi connectivity index (χ0) is 49.7. The van der Waals surface area contributed by atoms with E-state index >= 15 is 0 Å². The van der Waals surface area contributed by atoms with Gasteiger partial charge in [0.05, 0.1) is 28.4 Å². The predicted octanol–water partition coefficient (Wildman–Crippen LogP) is 15.0. The maximum atomic E-state index is 8.61. The lowest BCUT2D eigenvalue weighted by Gasteiger charge is -2.22. The molecule has 6 heteroatoms. The summed E-state index contributed by atoms with van der Waals surface area (Å²) >= 11 is 0. The Bertz CT molecular complexity index is 3430. The third-order valence-electron chi connectivity index (χ3n) is 12.1. The number of fused-ring (bicyclic) bond motifs is 4. The number of ether oxygens (including phenoxy) is 1. The molecule has 0 atom stereocenters. The van der Waals surface area contributed by atoms with E-state index in [-0.39, 0.29) is 27.5 Å². The van der Waals surface area contributed by atoms with Crippen molar-refractivity contribution in [2.24, 2.45) is 0 Å². The summed E-state index contributed by atoms with van der Waals surface area (Å²) in [4.78, 5) is 9.80. The summed E-state index contributed by atoms with van der Waals surface area (Å²) in [6.45, 7) is 18.3. The quantitative estimate of drug-likeness (QED) is 0.157. The van der Waals surface area contributed by atoms with Crippen LogP contribution in [0.2, 0.25) is 0 Å². The highest BCUT2D eigenvalue weighted by Crippen LogP contribution is 2.46. The molecule has 0 saturated carbocycles. The first-order valence-electron chi connectivity index (χ1n) is 24.7. The molecule has 0 aliphatic carbocycles. The fourth-order valence-corrected chi connectivity index (χ4v) is 8.85. The van der Waals surface area contributed by atoms with Crippen molar-refractivity contribution in [1.82, 2.24) is 23.7 Å². The van der Waals surface area contributed by atoms with Crippen molar-refractivity contribution in [2.45, 2.75) is 106 Å². The molecule has 0 saturated heterocycles. The molecule has 5 aromatic carbocycles. The third kappa shape index (κ3) is 7.47. The Morgan fingerprint density at radius 2 is 1.33 bits per heavy atom. The van der Waals surface area contributed by atoms with Crippen LogP contribution in [0.15, 0.2) is 121 Å². The van der Waals surface area contributed by atoms with E-state index in [1.165, 1.54) is 23.8 Å². The van der Waals surface area contributed by atoms with Crippen molar-refractivity contribution < 1.29 is 13.0 Å². The first-order valence-corrected chi connectivity index (χ1v) is 21.7. The number of hydrogen-bond acceptors (Lipinski definition) is 3. The maximum absolute atomic E-state index is 8.61. The van der Waals surface area contributed by atoms with Gasteiger partial charge in [-0.15, -0.1) is 0 Å². The molecule has 9 rings (SSSR count). The smallest absolute Gasteiger partial charge is 0.457 e. The van der Waals surface area contributed by atoms with E-state index in [9.17, 15) is 0 Å². The lowest BCUT2D eigenvalue weighted by Crippen LogP contribution is -2.17. The molecule has 1 aliphatic rings. The number of benzene rings is 5. The van der Waals surface area contributed by atoms with Crippen LogP contribution in [0.5, 0.6) is 11.5 Å². The monoisotopic (exact) mass is 836 g/mol. The third-order valence-corrected chi connectivity index (χ3v) is 12.1. The van der Waals surface area contributed by atoms with Gasteiger partial charge >= 0.3 is 6.01 Å². The van der Waals surface area contributed by atoms with Crippen LogP contribution < -0.4 is 13.9 Å². The van der Waals surface area contributed by atoms with E-state index in [0.29, 0.717) is 22.7 Å². The average molecular weight is 836 g/mol. The van der Waals surface area contributed by atoms with Gasteiger partial charge in [-0.2, -0.15) is 0 Å². The van der Waals surface area contributed by atoms with Gasteiger partial charge < -0.3 is 4.74 Å². The normalized spacial score (nSPS) is 14.9. The van der Waals surface area contributed by atoms with Crippen molar-refractivity contribution in [2.75, 3.05) is 0 Å². The molecule has 0 amide bonds. The molecule has 63 heavy (non-hydrogen) atoms. The molecule has 316 valence electrons. The van der Waals surface area contributed by atoms with Gasteiger partial charge in [0, 0.05) is 60.7 Å². The molecule has 6 nitrogen and oxygen atoms in total. The molecule has 4 heterocycles. The van der Waals surface area contributed by atoms with Gasteiger partial charge in [-0.25, -0.2) is 4.98 Å². The average Bonchev–Trinajstić information content (AvgIpc) is 3.80. The lowest BCUT2D eigenvalue weighted by atomic mass is 9.82. The highest BCUT2D eigenvalue weighted by Gasteiger charge is 2.41. The summed E-state index contributed by atoms with van der Waals surface area (Å²) in [6.07, 6.45) is 1.88. The molecule has 0 radical (unpaired) electrons. The fourth-order valence-electron chi connectivity index (χ4n) is 8.85. The molecule has 0 bridgehead atoms. The maximum Gasteiger partial charge on any atom is 0.503 e. The van der Waals surface area contributed by atoms with Crippen LogP contribution in [0.4, 0.5) is 22.7 Å². The van der Waals surface area contributed by atoms with Crippen LogP contribution in [0, 0.1) is 27.6 Å². The van der Waals surface area contributed by atoms with Gasteiger partial charge in [-0.3, -0.25) is 9.55 Å². The van der Waals surface area contributed by atoms with Gasteiger partial charge in [0.2, 0.25) is 11.4 Å². The standard InChI is InChI=1S/C57H59N5O/c1-35-18-16-19-36(2)52(35)45-20-17-21-47(57(11,12)13)54(45)61-34-60(48-22-14-15-23-49(48)61)41-29-40(56(8,9)10)30-43(32-41)63-42-24-25-44-46-28-37(3)59-38(4)53(46)62(50(44)33-42)51-31-39(26-27-58-51)55(5,6)7/h14-33H,1-13H3/q+2/i1D3,2D3. The van der Waals surface area contributed by atoms with E-state index in [1.807, 2.05) is 83.8 Å². The van der Waals surface area contributed by atoms with Gasteiger partial charge in [-0.1, -0.05) is 105 Å². The lowest BCUT2D eigenvalue weighted by molar-refractivity contribution is 0.479. The van der Waals surface area contributed by atoms with Crippen LogP contribution in [0.1, 0.15) is 110 Å². The van der Waals surface area contributed by atoms with Crippen molar-refractivity contribution >= 4 is 50.6 Å². The number of aryl methyl sites for hydroxylation is 4. The minimum atomic E-state index is -2.59. The first-order chi connectivity index (χ1) is 32.2. The van der Waals surface area contributed by atoms with Gasteiger partial charge in [-0.05, 0) is 123 Å². The SMILES string of the molecule is [2H]C([2H])([2H])c1cccc(C([2H])([2H])[2H])c1-c1cccc(C(C)(C)C)c1[N+]1=C=[N+](c2cc(Oc3ccc4c5cc(C)nc(C)c5n(-c5cc(C(C)(C)C)ccn5)c4c3)cc(C(C)(C)C)c2)c2ccccc21. The van der Waals surface area contributed by atoms with Crippen molar-refractivity contribution in [3.8, 4) is 28.4 Å². The summed E-state index contributed by atoms with van der Waals surface area (Å²) in [5.41, 5.74) is 9.77. The summed E-state index contributed by atoms with van der Waals surface area (Å²) in [5, 5.41) is 2.16. The molecule has 0 unspecified atom stereocenters. The molecular formula is C57H59N5O+2. The summed E-state index contributed by atoms with van der Waals surface area (Å²) < 4.78 is 64.8. The van der Waals surface area contributed by atoms with Crippen LogP contribution >= 0.6 is 0 Å². The molecule has 0 N–H and O–H groups in total. The molecule has 1 aliphatic heterocycles. The Kier molecular flexibility index (Phi) is 8.33. The zero-order valence-electron chi connectivity index (χ0n) is 44.2. The second kappa shape index (κ2) is 15.0. The number of pyridine rings is 2. The van der Waals surface area contributed by atoms with Crippen LogP contribution in [0.25, 0.3) is 38.8 Å². The molecule has 0 fully saturated rings. The minimum Gasteiger partial charge on any atom is -0.457 e.